The van der Waals surface area contributed by atoms with Gasteiger partial charge in [0, 0.05) is 77.7 Å². The van der Waals surface area contributed by atoms with E-state index in [2.05, 4.69) is 163 Å². The summed E-state index contributed by atoms with van der Waals surface area (Å²) in [6.07, 6.45) is 0. The first-order valence-corrected chi connectivity index (χ1v) is 34.7. The Hall–Kier alpha value is -11.9. The molecule has 14 aromatic carbocycles. The average molecular weight is 1330 g/mol. The summed E-state index contributed by atoms with van der Waals surface area (Å²) in [5.74, 6) is 0. The van der Waals surface area contributed by atoms with Crippen molar-refractivity contribution in [2.75, 3.05) is 9.80 Å². The fraction of sp³-hybridized carbons (Fsp3) is 0.125. The number of hydrogen-bond acceptors (Lipinski definition) is 3. The van der Waals surface area contributed by atoms with Crippen LogP contribution in [0.1, 0.15) is 101 Å². The standard InChI is InChI=1S/C96H77BN4O/c1-94(2,3)65-51-63(52-66(55-65)95(4,5)6)64-53-86-91-87(54-64)101(93-70(60-29-13-10-14-30-60)47-50-89-90(93)75-39-23-28-44-88(75)102-89)85-59-69(99-82-42-26-21-37-73(82)74-38-22-27-43-83(74)99)46-49-79(85)97(91)78-48-45-68(98-80-40-24-19-35-71(80)72-36-20-25-41-81(72)98)58-84(78)100(86)92-76(61-31-15-11-16-32-61)56-67(96(7,8)9)57-77(92)62-33-17-12-18-34-62/h10-59H,1-9H3/i19D,20D,21D,22D,24D,25D,26D,27D,35D,36D,37D,38D,40D,41D,42D,43D. The van der Waals surface area contributed by atoms with Crippen molar-refractivity contribution in [3.63, 3.8) is 0 Å². The van der Waals surface area contributed by atoms with Crippen LogP contribution in [0.3, 0.4) is 0 Å². The average Bonchev–Trinajstić information content (AvgIpc) is 0.922. The van der Waals surface area contributed by atoms with Crippen LogP contribution in [0.5, 0.6) is 0 Å². The largest absolute Gasteiger partial charge is 0.456 e. The molecule has 0 saturated carbocycles. The molecular weight excluding hydrogens is 1240 g/mol. The van der Waals surface area contributed by atoms with Gasteiger partial charge in [0.2, 0.25) is 0 Å². The van der Waals surface area contributed by atoms with Crippen molar-refractivity contribution in [2.24, 2.45) is 0 Å². The molecule has 0 amide bonds. The number of hydrogen-bond donors (Lipinski definition) is 0. The zero-order chi connectivity index (χ0) is 83.0. The van der Waals surface area contributed by atoms with Gasteiger partial charge in [0.1, 0.15) is 11.2 Å². The van der Waals surface area contributed by atoms with E-state index in [1.807, 2.05) is 115 Å². The Bertz CT molecular complexity index is 7030. The maximum absolute atomic E-state index is 9.92. The van der Waals surface area contributed by atoms with Crippen molar-refractivity contribution in [3.05, 3.63) is 320 Å². The first-order valence-electron chi connectivity index (χ1n) is 42.7. The number of rotatable bonds is 8. The van der Waals surface area contributed by atoms with Crippen LogP contribution in [-0.2, 0) is 16.2 Å². The van der Waals surface area contributed by atoms with Gasteiger partial charge in [0.05, 0.1) is 60.8 Å². The second-order valence-corrected chi connectivity index (χ2v) is 30.1. The first kappa shape index (κ1) is 46.5. The van der Waals surface area contributed by atoms with Gasteiger partial charge in [-0.05, 0) is 168 Å². The van der Waals surface area contributed by atoms with Gasteiger partial charge >= 0.3 is 0 Å². The van der Waals surface area contributed by atoms with E-state index in [0.29, 0.717) is 56.4 Å². The third-order valence-corrected chi connectivity index (χ3v) is 20.8. The number of benzene rings is 14. The van der Waals surface area contributed by atoms with E-state index >= 15 is 0 Å². The van der Waals surface area contributed by atoms with Gasteiger partial charge in [-0.25, -0.2) is 0 Å². The lowest BCUT2D eigenvalue weighted by molar-refractivity contribution is 0.569. The molecule has 0 radical (unpaired) electrons. The highest BCUT2D eigenvalue weighted by atomic mass is 16.3. The Morgan fingerprint density at radius 3 is 1.16 bits per heavy atom. The quantitative estimate of drug-likeness (QED) is 0.142. The van der Waals surface area contributed by atoms with Crippen LogP contribution < -0.4 is 26.2 Å². The molecule has 3 aromatic heterocycles. The molecule has 0 bridgehead atoms. The summed E-state index contributed by atoms with van der Waals surface area (Å²) in [6.45, 7) is 19.1. The molecule has 2 aliphatic heterocycles. The molecule has 0 unspecified atom stereocenters. The van der Waals surface area contributed by atoms with Gasteiger partial charge in [-0.2, -0.15) is 0 Å². The number of fused-ring (bicyclic) bond motifs is 13. The van der Waals surface area contributed by atoms with Gasteiger partial charge < -0.3 is 23.4 Å². The summed E-state index contributed by atoms with van der Waals surface area (Å²) in [7, 11) is 0. The Morgan fingerprint density at radius 1 is 0.314 bits per heavy atom. The minimum atomic E-state index is -0.805. The molecule has 490 valence electrons. The molecule has 0 N–H and O–H groups in total. The van der Waals surface area contributed by atoms with E-state index in [1.54, 1.807) is 9.13 Å². The van der Waals surface area contributed by atoms with Crippen LogP contribution in [0.2, 0.25) is 0 Å². The lowest BCUT2D eigenvalue weighted by Gasteiger charge is -2.46. The molecule has 0 atom stereocenters. The number of furan rings is 1. The molecule has 0 spiro atoms. The minimum absolute atomic E-state index is 0.0562. The molecule has 6 heteroatoms. The predicted octanol–water partition coefficient (Wildman–Crippen LogP) is 24.4. The maximum atomic E-state index is 9.92. The SMILES string of the molecule is [2H]c1c([2H])c([2H])c2c(c1[2H])c1c([2H])c([2H])c([2H])c([2H])c1n2-c1ccc2c(c1)N(c1c(-c3ccccc3)cc(C(C)(C)C)cc1-c1ccccc1)c1cc(-c3cc(C(C)(C)C)cc(C(C)(C)C)c3)cc3c1B2c1ccc(-n2c4c([2H])c([2H])c([2H])c([2H])c4c4c([2H])c([2H])c([2H])c([2H])c42)cc1N3c1c(-c2ccccc2)ccc2oc3ccccc3c12. The summed E-state index contributed by atoms with van der Waals surface area (Å²) < 4.78 is 162. The lowest BCUT2D eigenvalue weighted by atomic mass is 9.33. The van der Waals surface area contributed by atoms with Gasteiger partial charge in [0.15, 0.2) is 0 Å². The van der Waals surface area contributed by atoms with Gasteiger partial charge in [-0.1, -0.05) is 274 Å². The Kier molecular flexibility index (Phi) is 10.4. The number of nitrogens with zero attached hydrogens (tertiary/aromatic N) is 4. The van der Waals surface area contributed by atoms with E-state index in [0.717, 1.165) is 88.6 Å². The van der Waals surface area contributed by atoms with Crippen LogP contribution in [0, 0.1) is 0 Å². The summed E-state index contributed by atoms with van der Waals surface area (Å²) in [4.78, 5) is 4.64. The predicted molar refractivity (Wildman–Crippen MR) is 434 cm³/mol. The maximum Gasteiger partial charge on any atom is 0.252 e. The number of para-hydroxylation sites is 5. The molecular formula is C96H77BN4O. The van der Waals surface area contributed by atoms with Gasteiger partial charge in [-0.15, -0.1) is 0 Å². The van der Waals surface area contributed by atoms with Crippen LogP contribution in [0.4, 0.5) is 34.1 Å². The molecule has 17 aromatic rings. The Morgan fingerprint density at radius 2 is 0.706 bits per heavy atom. The van der Waals surface area contributed by atoms with Gasteiger partial charge in [-0.3, -0.25) is 0 Å². The highest BCUT2D eigenvalue weighted by Gasteiger charge is 2.46. The summed E-state index contributed by atoms with van der Waals surface area (Å²) in [6, 6.07) is 62.1. The van der Waals surface area contributed by atoms with Crippen LogP contribution in [-0.4, -0.2) is 15.8 Å². The smallest absolute Gasteiger partial charge is 0.252 e. The molecule has 19 rings (SSSR count). The van der Waals surface area contributed by atoms with Crippen LogP contribution in [0.15, 0.2) is 307 Å². The van der Waals surface area contributed by atoms with Crippen LogP contribution in [0.25, 0.3) is 121 Å². The molecule has 0 aliphatic carbocycles. The third kappa shape index (κ3) is 9.59. The van der Waals surface area contributed by atoms with E-state index < -0.39 is 109 Å². The minimum Gasteiger partial charge on any atom is -0.456 e. The molecule has 5 heterocycles. The Balaban J connectivity index is 1.07. The van der Waals surface area contributed by atoms with Crippen molar-refractivity contribution in [1.29, 1.82) is 0 Å². The Labute approximate surface area is 619 Å². The fourth-order valence-corrected chi connectivity index (χ4v) is 15.8. The molecule has 2 aliphatic rings. The molecule has 102 heavy (non-hydrogen) atoms. The summed E-state index contributed by atoms with van der Waals surface area (Å²) in [5, 5.41) is 1.24. The number of aromatic nitrogens is 2. The van der Waals surface area contributed by atoms with Crippen molar-refractivity contribution >= 4 is 123 Å². The highest BCUT2D eigenvalue weighted by Crippen LogP contribution is 2.56. The zero-order valence-corrected chi connectivity index (χ0v) is 57.9. The second kappa shape index (κ2) is 22.8. The second-order valence-electron chi connectivity index (χ2n) is 30.1. The van der Waals surface area contributed by atoms with Crippen molar-refractivity contribution in [1.82, 2.24) is 9.13 Å². The monoisotopic (exact) mass is 1330 g/mol. The van der Waals surface area contributed by atoms with E-state index in [9.17, 15) is 16.4 Å². The zero-order valence-electron chi connectivity index (χ0n) is 73.9. The lowest BCUT2D eigenvalue weighted by Crippen LogP contribution is -2.61. The van der Waals surface area contributed by atoms with Crippen molar-refractivity contribution in [2.45, 2.75) is 78.6 Å². The van der Waals surface area contributed by atoms with E-state index in [4.69, 9.17) is 9.90 Å². The van der Waals surface area contributed by atoms with E-state index in [-0.39, 0.29) is 54.4 Å². The highest BCUT2D eigenvalue weighted by molar-refractivity contribution is 7.00. The third-order valence-electron chi connectivity index (χ3n) is 20.8. The van der Waals surface area contributed by atoms with Crippen molar-refractivity contribution < 1.29 is 26.3 Å². The number of anilines is 6. The normalized spacial score (nSPS) is 15.3. The molecule has 5 nitrogen and oxygen atoms in total. The first-order chi connectivity index (χ1) is 56.2. The van der Waals surface area contributed by atoms with Crippen molar-refractivity contribution in [3.8, 4) is 55.9 Å². The topological polar surface area (TPSA) is 29.5 Å². The fourth-order valence-electron chi connectivity index (χ4n) is 15.8. The molecule has 0 fully saturated rings. The van der Waals surface area contributed by atoms with Gasteiger partial charge in [0.25, 0.3) is 6.71 Å². The molecule has 0 saturated heterocycles. The van der Waals surface area contributed by atoms with E-state index in [1.165, 1.54) is 0 Å². The summed E-state index contributed by atoms with van der Waals surface area (Å²) >= 11 is 0. The summed E-state index contributed by atoms with van der Waals surface area (Å²) in [5.41, 5.74) is 16.7. The van der Waals surface area contributed by atoms with Crippen LogP contribution >= 0.6 is 0 Å².